The van der Waals surface area contributed by atoms with Crippen LogP contribution in [0.3, 0.4) is 0 Å². The Labute approximate surface area is 135 Å². The van der Waals surface area contributed by atoms with Crippen molar-refractivity contribution in [3.8, 4) is 12.3 Å². The Morgan fingerprint density at radius 1 is 1.39 bits per heavy atom. The van der Waals surface area contributed by atoms with Crippen LogP contribution < -0.4 is 10.0 Å². The number of terminal acetylenes is 1. The quantitative estimate of drug-likeness (QED) is 0.822. The van der Waals surface area contributed by atoms with Crippen LogP contribution in [0.2, 0.25) is 0 Å². The standard InChI is InChI=1S/C15H19FN2O4S/c1-6-11-7-10(9-17-14(19)22-15(2,3)4)8-12(16)13(11)18-23(5,20)21/h1,7-8,18H,9H2,2-5H3,(H,17,19). The van der Waals surface area contributed by atoms with Gasteiger partial charge in [0.2, 0.25) is 10.0 Å². The summed E-state index contributed by atoms with van der Waals surface area (Å²) in [5.41, 5.74) is -0.532. The Hall–Kier alpha value is -2.27. The van der Waals surface area contributed by atoms with Gasteiger partial charge in [-0.1, -0.05) is 5.92 Å². The van der Waals surface area contributed by atoms with E-state index < -0.39 is 27.5 Å². The first kappa shape index (κ1) is 18.8. The first-order valence-corrected chi connectivity index (χ1v) is 8.54. The maximum Gasteiger partial charge on any atom is 0.407 e. The van der Waals surface area contributed by atoms with E-state index >= 15 is 0 Å². The van der Waals surface area contributed by atoms with Gasteiger partial charge in [0.1, 0.15) is 11.4 Å². The molecule has 0 unspecified atom stereocenters. The molecule has 1 rings (SSSR count). The highest BCUT2D eigenvalue weighted by Crippen LogP contribution is 2.22. The first-order valence-electron chi connectivity index (χ1n) is 6.65. The number of benzene rings is 1. The normalized spacial score (nSPS) is 11.5. The number of anilines is 1. The molecular formula is C15H19FN2O4S. The number of ether oxygens (including phenoxy) is 1. The van der Waals surface area contributed by atoms with Crippen molar-refractivity contribution in [1.82, 2.24) is 5.32 Å². The van der Waals surface area contributed by atoms with E-state index in [0.29, 0.717) is 5.56 Å². The Morgan fingerprint density at radius 2 is 2.00 bits per heavy atom. The van der Waals surface area contributed by atoms with Crippen LogP contribution in [0.1, 0.15) is 31.9 Å². The number of carbonyl (C=O) groups is 1. The fourth-order valence-electron chi connectivity index (χ4n) is 1.66. The minimum absolute atomic E-state index is 0.0142. The van der Waals surface area contributed by atoms with Gasteiger partial charge in [-0.2, -0.15) is 0 Å². The molecule has 0 aromatic heterocycles. The largest absolute Gasteiger partial charge is 0.444 e. The van der Waals surface area contributed by atoms with Crippen LogP contribution in [0.15, 0.2) is 12.1 Å². The topological polar surface area (TPSA) is 84.5 Å². The second kappa shape index (κ2) is 6.87. The molecule has 0 saturated heterocycles. The minimum atomic E-state index is -3.67. The minimum Gasteiger partial charge on any atom is -0.444 e. The Morgan fingerprint density at radius 3 is 2.48 bits per heavy atom. The molecule has 1 amide bonds. The van der Waals surface area contributed by atoms with E-state index in [4.69, 9.17) is 11.2 Å². The van der Waals surface area contributed by atoms with E-state index in [0.717, 1.165) is 12.3 Å². The summed E-state index contributed by atoms with van der Waals surface area (Å²) in [6.07, 6.45) is 5.52. The molecule has 23 heavy (non-hydrogen) atoms. The lowest BCUT2D eigenvalue weighted by Gasteiger charge is -2.19. The zero-order valence-electron chi connectivity index (χ0n) is 13.4. The van der Waals surface area contributed by atoms with E-state index in [-0.39, 0.29) is 17.8 Å². The first-order chi connectivity index (χ1) is 10.4. The van der Waals surface area contributed by atoms with Crippen LogP contribution in [0.5, 0.6) is 0 Å². The third-order valence-corrected chi connectivity index (χ3v) is 3.00. The number of carbonyl (C=O) groups excluding carboxylic acids is 1. The second-order valence-corrected chi connectivity index (χ2v) is 7.62. The molecule has 0 saturated carbocycles. The van der Waals surface area contributed by atoms with Crippen LogP contribution in [-0.4, -0.2) is 26.4 Å². The lowest BCUT2D eigenvalue weighted by Crippen LogP contribution is -2.32. The van der Waals surface area contributed by atoms with Crippen molar-refractivity contribution >= 4 is 21.8 Å². The highest BCUT2D eigenvalue weighted by Gasteiger charge is 2.17. The fraction of sp³-hybridized carbons (Fsp3) is 0.400. The molecule has 0 spiro atoms. The van der Waals surface area contributed by atoms with Gasteiger partial charge in [0.05, 0.1) is 17.5 Å². The molecule has 0 fully saturated rings. The van der Waals surface area contributed by atoms with Gasteiger partial charge in [-0.05, 0) is 38.5 Å². The lowest BCUT2D eigenvalue weighted by atomic mass is 10.1. The van der Waals surface area contributed by atoms with Gasteiger partial charge in [-0.25, -0.2) is 17.6 Å². The molecule has 2 N–H and O–H groups in total. The highest BCUT2D eigenvalue weighted by molar-refractivity contribution is 7.92. The molecule has 0 atom stereocenters. The van der Waals surface area contributed by atoms with Crippen LogP contribution in [0.25, 0.3) is 0 Å². The second-order valence-electron chi connectivity index (χ2n) is 5.87. The van der Waals surface area contributed by atoms with Gasteiger partial charge in [-0.15, -0.1) is 6.42 Å². The number of hydrogen-bond acceptors (Lipinski definition) is 4. The average Bonchev–Trinajstić information content (AvgIpc) is 2.35. The van der Waals surface area contributed by atoms with Crippen molar-refractivity contribution in [3.63, 3.8) is 0 Å². The highest BCUT2D eigenvalue weighted by atomic mass is 32.2. The molecule has 8 heteroatoms. The number of hydrogen-bond donors (Lipinski definition) is 2. The van der Waals surface area contributed by atoms with Gasteiger partial charge < -0.3 is 10.1 Å². The number of amides is 1. The van der Waals surface area contributed by atoms with Crippen LogP contribution in [0.4, 0.5) is 14.9 Å². The third-order valence-electron chi connectivity index (χ3n) is 2.43. The number of sulfonamides is 1. The lowest BCUT2D eigenvalue weighted by molar-refractivity contribution is 0.0523. The summed E-state index contributed by atoms with van der Waals surface area (Å²) >= 11 is 0. The van der Waals surface area contributed by atoms with Gasteiger partial charge in [0.15, 0.2) is 0 Å². The van der Waals surface area contributed by atoms with Crippen molar-refractivity contribution in [2.24, 2.45) is 0 Å². The van der Waals surface area contributed by atoms with Crippen LogP contribution in [-0.2, 0) is 21.3 Å². The van der Waals surface area contributed by atoms with Gasteiger partial charge in [-0.3, -0.25) is 4.72 Å². The molecule has 1 aromatic rings. The SMILES string of the molecule is C#Cc1cc(CNC(=O)OC(C)(C)C)cc(F)c1NS(C)(=O)=O. The summed E-state index contributed by atoms with van der Waals surface area (Å²) in [7, 11) is -3.67. The van der Waals surface area contributed by atoms with Crippen molar-refractivity contribution in [2.45, 2.75) is 32.9 Å². The smallest absolute Gasteiger partial charge is 0.407 e. The predicted molar refractivity (Wildman–Crippen MR) is 85.9 cm³/mol. The number of alkyl carbamates (subject to hydrolysis) is 1. The molecule has 6 nitrogen and oxygen atoms in total. The maximum atomic E-state index is 14.1. The average molecular weight is 342 g/mol. The summed E-state index contributed by atoms with van der Waals surface area (Å²) in [6.45, 7) is 5.14. The molecular weight excluding hydrogens is 323 g/mol. The Bertz CT molecular complexity index is 746. The summed E-state index contributed by atoms with van der Waals surface area (Å²) in [4.78, 5) is 11.6. The third kappa shape index (κ3) is 6.57. The maximum absolute atomic E-state index is 14.1. The monoisotopic (exact) mass is 342 g/mol. The summed E-state index contributed by atoms with van der Waals surface area (Å²) in [5.74, 6) is 1.39. The Kier molecular flexibility index (Phi) is 5.61. The van der Waals surface area contributed by atoms with Gasteiger partial charge >= 0.3 is 6.09 Å². The molecule has 1 aromatic carbocycles. The van der Waals surface area contributed by atoms with Crippen molar-refractivity contribution in [2.75, 3.05) is 11.0 Å². The van der Waals surface area contributed by atoms with Crippen LogP contribution >= 0.6 is 0 Å². The summed E-state index contributed by atoms with van der Waals surface area (Å²) in [6, 6.07) is 2.50. The van der Waals surface area contributed by atoms with Gasteiger partial charge in [0.25, 0.3) is 0 Å². The van der Waals surface area contributed by atoms with E-state index in [1.165, 1.54) is 6.07 Å². The number of nitrogens with one attached hydrogen (secondary N) is 2. The van der Waals surface area contributed by atoms with E-state index in [1.54, 1.807) is 20.8 Å². The number of halogens is 1. The molecule has 126 valence electrons. The van der Waals surface area contributed by atoms with Crippen molar-refractivity contribution in [3.05, 3.63) is 29.1 Å². The van der Waals surface area contributed by atoms with Crippen molar-refractivity contribution in [1.29, 1.82) is 0 Å². The van der Waals surface area contributed by atoms with Crippen LogP contribution in [0, 0.1) is 18.2 Å². The molecule has 0 radical (unpaired) electrons. The number of rotatable bonds is 4. The predicted octanol–water partition coefficient (Wildman–Crippen LogP) is 2.20. The zero-order chi connectivity index (χ0) is 17.8. The van der Waals surface area contributed by atoms with E-state index in [2.05, 4.69) is 11.2 Å². The Balaban J connectivity index is 2.93. The van der Waals surface area contributed by atoms with Gasteiger partial charge in [0, 0.05) is 6.54 Å². The molecule has 0 aliphatic rings. The molecule has 0 heterocycles. The molecule has 0 bridgehead atoms. The van der Waals surface area contributed by atoms with E-state index in [1.807, 2.05) is 4.72 Å². The van der Waals surface area contributed by atoms with Crippen molar-refractivity contribution < 1.29 is 22.3 Å². The summed E-state index contributed by atoms with van der Waals surface area (Å²) in [5, 5.41) is 2.47. The van der Waals surface area contributed by atoms with E-state index in [9.17, 15) is 17.6 Å². The fourth-order valence-corrected chi connectivity index (χ4v) is 2.23. The summed E-state index contributed by atoms with van der Waals surface area (Å²) < 4.78 is 43.6. The molecule has 0 aliphatic heterocycles. The zero-order valence-corrected chi connectivity index (χ0v) is 14.2. The molecule has 0 aliphatic carbocycles.